The largest absolute Gasteiger partial charge is 0.327 e. The molecule has 0 aromatic heterocycles. The molecule has 1 atom stereocenters. The Bertz CT molecular complexity index is 322. The Morgan fingerprint density at radius 2 is 1.88 bits per heavy atom. The SMILES string of the molecule is Cc1ccccc1SCC(N)CCCC(C)C. The summed E-state index contributed by atoms with van der Waals surface area (Å²) < 4.78 is 0. The minimum Gasteiger partial charge on any atom is -0.327 e. The maximum absolute atomic E-state index is 6.14. The minimum atomic E-state index is 0.332. The van der Waals surface area contributed by atoms with Crippen LogP contribution >= 0.6 is 11.8 Å². The molecule has 1 unspecified atom stereocenters. The standard InChI is InChI=1S/C15H25NS/c1-12(2)7-6-9-14(16)11-17-15-10-5-4-8-13(15)3/h4-5,8,10,12,14H,6-7,9,11,16H2,1-3H3. The van der Waals surface area contributed by atoms with Gasteiger partial charge in [-0.05, 0) is 30.9 Å². The summed E-state index contributed by atoms with van der Waals surface area (Å²) >= 11 is 1.89. The molecule has 1 rings (SSSR count). The summed E-state index contributed by atoms with van der Waals surface area (Å²) in [6.45, 7) is 6.70. The normalized spacial score (nSPS) is 13.0. The molecule has 0 aliphatic heterocycles. The molecular weight excluding hydrogens is 226 g/mol. The quantitative estimate of drug-likeness (QED) is 0.733. The molecule has 0 aliphatic rings. The molecule has 0 saturated carbocycles. The average Bonchev–Trinajstić information content (AvgIpc) is 2.27. The van der Waals surface area contributed by atoms with Crippen LogP contribution in [0, 0.1) is 12.8 Å². The van der Waals surface area contributed by atoms with Crippen molar-refractivity contribution in [1.29, 1.82) is 0 Å². The Balaban J connectivity index is 2.24. The van der Waals surface area contributed by atoms with Gasteiger partial charge in [-0.2, -0.15) is 0 Å². The zero-order chi connectivity index (χ0) is 12.7. The van der Waals surface area contributed by atoms with Gasteiger partial charge in [0.25, 0.3) is 0 Å². The lowest BCUT2D eigenvalue weighted by Crippen LogP contribution is -2.22. The van der Waals surface area contributed by atoms with Gasteiger partial charge in [0, 0.05) is 16.7 Å². The van der Waals surface area contributed by atoms with Gasteiger partial charge in [0.1, 0.15) is 0 Å². The van der Waals surface area contributed by atoms with Crippen molar-refractivity contribution in [3.05, 3.63) is 29.8 Å². The summed E-state index contributed by atoms with van der Waals surface area (Å²) in [4.78, 5) is 1.37. The van der Waals surface area contributed by atoms with E-state index in [4.69, 9.17) is 5.73 Å². The maximum atomic E-state index is 6.14. The van der Waals surface area contributed by atoms with E-state index in [2.05, 4.69) is 45.0 Å². The molecule has 0 radical (unpaired) electrons. The average molecular weight is 251 g/mol. The van der Waals surface area contributed by atoms with Gasteiger partial charge in [-0.25, -0.2) is 0 Å². The lowest BCUT2D eigenvalue weighted by atomic mass is 10.0. The van der Waals surface area contributed by atoms with E-state index in [1.807, 2.05) is 11.8 Å². The van der Waals surface area contributed by atoms with E-state index >= 15 is 0 Å². The minimum absolute atomic E-state index is 0.332. The van der Waals surface area contributed by atoms with Gasteiger partial charge < -0.3 is 5.73 Å². The first-order valence-corrected chi connectivity index (χ1v) is 7.52. The molecule has 2 N–H and O–H groups in total. The van der Waals surface area contributed by atoms with E-state index in [0.717, 1.165) is 18.1 Å². The molecule has 2 heteroatoms. The Hall–Kier alpha value is -0.470. The fourth-order valence-electron chi connectivity index (χ4n) is 1.79. The second kappa shape index (κ2) is 7.78. The van der Waals surface area contributed by atoms with E-state index in [1.54, 1.807) is 0 Å². The number of nitrogens with two attached hydrogens (primary N) is 1. The number of hydrogen-bond donors (Lipinski definition) is 1. The van der Waals surface area contributed by atoms with Crippen molar-refractivity contribution < 1.29 is 0 Å². The van der Waals surface area contributed by atoms with Gasteiger partial charge >= 0.3 is 0 Å². The van der Waals surface area contributed by atoms with Crippen LogP contribution in [0.15, 0.2) is 29.2 Å². The van der Waals surface area contributed by atoms with Crippen LogP contribution in [0.25, 0.3) is 0 Å². The van der Waals surface area contributed by atoms with Crippen LogP contribution in [0.1, 0.15) is 38.7 Å². The molecule has 1 nitrogen and oxygen atoms in total. The van der Waals surface area contributed by atoms with Crippen molar-refractivity contribution in [1.82, 2.24) is 0 Å². The second-order valence-corrected chi connectivity index (χ2v) is 6.22. The van der Waals surface area contributed by atoms with E-state index in [-0.39, 0.29) is 0 Å². The lowest BCUT2D eigenvalue weighted by Gasteiger charge is -2.13. The van der Waals surface area contributed by atoms with Crippen LogP contribution in [0.3, 0.4) is 0 Å². The summed E-state index contributed by atoms with van der Waals surface area (Å²) in [5, 5.41) is 0. The highest BCUT2D eigenvalue weighted by Crippen LogP contribution is 2.23. The molecule has 1 aromatic carbocycles. The van der Waals surface area contributed by atoms with Gasteiger partial charge in [-0.3, -0.25) is 0 Å². The van der Waals surface area contributed by atoms with Gasteiger partial charge in [0.2, 0.25) is 0 Å². The molecule has 0 heterocycles. The molecule has 0 bridgehead atoms. The number of hydrogen-bond acceptors (Lipinski definition) is 2. The molecule has 0 fully saturated rings. The van der Waals surface area contributed by atoms with E-state index < -0.39 is 0 Å². The van der Waals surface area contributed by atoms with Gasteiger partial charge in [0.15, 0.2) is 0 Å². The zero-order valence-corrected chi connectivity index (χ0v) is 12.1. The van der Waals surface area contributed by atoms with Gasteiger partial charge in [-0.1, -0.05) is 44.9 Å². The van der Waals surface area contributed by atoms with Crippen molar-refractivity contribution in [2.75, 3.05) is 5.75 Å². The van der Waals surface area contributed by atoms with Crippen molar-refractivity contribution in [3.8, 4) is 0 Å². The first-order chi connectivity index (χ1) is 8.09. The maximum Gasteiger partial charge on any atom is 0.0133 e. The van der Waals surface area contributed by atoms with Crippen LogP contribution in [0.5, 0.6) is 0 Å². The Kier molecular flexibility index (Phi) is 6.68. The predicted octanol–water partition coefficient (Wildman–Crippen LogP) is 4.24. The third-order valence-electron chi connectivity index (χ3n) is 2.90. The Labute approximate surface area is 110 Å². The summed E-state index contributed by atoms with van der Waals surface area (Å²) in [6, 6.07) is 8.85. The topological polar surface area (TPSA) is 26.0 Å². The second-order valence-electron chi connectivity index (χ2n) is 5.16. The fraction of sp³-hybridized carbons (Fsp3) is 0.600. The van der Waals surface area contributed by atoms with E-state index in [1.165, 1.54) is 23.3 Å². The Morgan fingerprint density at radius 3 is 2.53 bits per heavy atom. The molecule has 1 aromatic rings. The van der Waals surface area contributed by atoms with Crippen molar-refractivity contribution in [2.24, 2.45) is 11.7 Å². The van der Waals surface area contributed by atoms with Gasteiger partial charge in [0.05, 0.1) is 0 Å². The van der Waals surface area contributed by atoms with Crippen molar-refractivity contribution in [2.45, 2.75) is 51.0 Å². The summed E-state index contributed by atoms with van der Waals surface area (Å²) in [7, 11) is 0. The molecular formula is C15H25NS. The number of aryl methyl sites for hydroxylation is 1. The highest BCUT2D eigenvalue weighted by molar-refractivity contribution is 7.99. The third kappa shape index (κ3) is 6.13. The Morgan fingerprint density at radius 1 is 1.18 bits per heavy atom. The van der Waals surface area contributed by atoms with E-state index in [9.17, 15) is 0 Å². The van der Waals surface area contributed by atoms with E-state index in [0.29, 0.717) is 6.04 Å². The first-order valence-electron chi connectivity index (χ1n) is 6.53. The van der Waals surface area contributed by atoms with Crippen LogP contribution in [0.2, 0.25) is 0 Å². The third-order valence-corrected chi connectivity index (χ3v) is 4.27. The van der Waals surface area contributed by atoms with Crippen LogP contribution in [-0.2, 0) is 0 Å². The molecule has 0 saturated heterocycles. The molecule has 0 amide bonds. The van der Waals surface area contributed by atoms with Gasteiger partial charge in [-0.15, -0.1) is 11.8 Å². The number of benzene rings is 1. The highest BCUT2D eigenvalue weighted by atomic mass is 32.2. The monoisotopic (exact) mass is 251 g/mol. The van der Waals surface area contributed by atoms with Crippen molar-refractivity contribution in [3.63, 3.8) is 0 Å². The van der Waals surface area contributed by atoms with Crippen LogP contribution in [-0.4, -0.2) is 11.8 Å². The number of rotatable bonds is 7. The number of thioether (sulfide) groups is 1. The summed E-state index contributed by atoms with van der Waals surface area (Å²) in [6.07, 6.45) is 3.70. The fourth-order valence-corrected chi connectivity index (χ4v) is 2.82. The predicted molar refractivity (Wildman–Crippen MR) is 78.6 cm³/mol. The molecule has 0 aliphatic carbocycles. The lowest BCUT2D eigenvalue weighted by molar-refractivity contribution is 0.513. The molecule has 96 valence electrons. The smallest absolute Gasteiger partial charge is 0.0133 e. The van der Waals surface area contributed by atoms with Crippen LogP contribution in [0.4, 0.5) is 0 Å². The van der Waals surface area contributed by atoms with Crippen molar-refractivity contribution >= 4 is 11.8 Å². The zero-order valence-electron chi connectivity index (χ0n) is 11.3. The molecule has 0 spiro atoms. The first kappa shape index (κ1) is 14.6. The highest BCUT2D eigenvalue weighted by Gasteiger charge is 2.05. The van der Waals surface area contributed by atoms with Crippen LogP contribution < -0.4 is 5.73 Å². The summed E-state index contributed by atoms with van der Waals surface area (Å²) in [5.74, 6) is 1.83. The molecule has 17 heavy (non-hydrogen) atoms. The summed E-state index contributed by atoms with van der Waals surface area (Å²) in [5.41, 5.74) is 7.49.